The lowest BCUT2D eigenvalue weighted by Gasteiger charge is -2.10. The first-order chi connectivity index (χ1) is 6.50. The zero-order chi connectivity index (χ0) is 10.7. The third kappa shape index (κ3) is 2.97. The lowest BCUT2D eigenvalue weighted by molar-refractivity contribution is -0.139. The van der Waals surface area contributed by atoms with E-state index >= 15 is 0 Å². The van der Waals surface area contributed by atoms with Gasteiger partial charge in [-0.2, -0.15) is 0 Å². The van der Waals surface area contributed by atoms with E-state index in [0.717, 1.165) is 4.47 Å². The van der Waals surface area contributed by atoms with Gasteiger partial charge in [0.05, 0.1) is 12.5 Å². The zero-order valence-electron chi connectivity index (χ0n) is 7.08. The molecule has 1 aromatic carbocycles. The number of aliphatic hydroxyl groups excluding tert-OH is 1. The van der Waals surface area contributed by atoms with Crippen molar-refractivity contribution in [3.8, 4) is 0 Å². The molecule has 14 heavy (non-hydrogen) atoms. The summed E-state index contributed by atoms with van der Waals surface area (Å²) >= 11 is 9.01. The summed E-state index contributed by atoms with van der Waals surface area (Å²) in [5.74, 6) is -1.06. The molecular formula is C9H8BrClO3. The molecule has 76 valence electrons. The smallest absolute Gasteiger partial charge is 0.306 e. The highest BCUT2D eigenvalue weighted by Gasteiger charge is 2.15. The van der Waals surface area contributed by atoms with Crippen LogP contribution in [0.15, 0.2) is 22.7 Å². The quantitative estimate of drug-likeness (QED) is 0.894. The van der Waals surface area contributed by atoms with Crippen LogP contribution < -0.4 is 0 Å². The molecule has 0 heterocycles. The van der Waals surface area contributed by atoms with E-state index in [1.807, 2.05) is 0 Å². The van der Waals surface area contributed by atoms with E-state index in [1.165, 1.54) is 0 Å². The molecule has 0 radical (unpaired) electrons. The van der Waals surface area contributed by atoms with E-state index in [9.17, 15) is 9.90 Å². The predicted octanol–water partition coefficient (Wildman–Crippen LogP) is 2.61. The van der Waals surface area contributed by atoms with Crippen molar-refractivity contribution < 1.29 is 15.0 Å². The number of rotatable bonds is 3. The van der Waals surface area contributed by atoms with Crippen molar-refractivity contribution in [2.45, 2.75) is 12.5 Å². The number of aliphatic hydroxyl groups is 1. The molecular weight excluding hydrogens is 271 g/mol. The summed E-state index contributed by atoms with van der Waals surface area (Å²) in [4.78, 5) is 10.4. The van der Waals surface area contributed by atoms with E-state index in [-0.39, 0.29) is 6.42 Å². The number of halogens is 2. The van der Waals surface area contributed by atoms with E-state index in [0.29, 0.717) is 10.6 Å². The summed E-state index contributed by atoms with van der Waals surface area (Å²) < 4.78 is 0.751. The maximum absolute atomic E-state index is 10.4. The average Bonchev–Trinajstić information content (AvgIpc) is 2.08. The second-order valence-electron chi connectivity index (χ2n) is 2.78. The van der Waals surface area contributed by atoms with E-state index < -0.39 is 12.1 Å². The first-order valence-corrected chi connectivity index (χ1v) is 5.02. The van der Waals surface area contributed by atoms with Gasteiger partial charge in [-0.05, 0) is 18.2 Å². The highest BCUT2D eigenvalue weighted by molar-refractivity contribution is 9.10. The minimum atomic E-state index is -1.07. The summed E-state index contributed by atoms with van der Waals surface area (Å²) in [7, 11) is 0. The molecule has 3 nitrogen and oxygen atoms in total. The third-order valence-electron chi connectivity index (χ3n) is 1.69. The molecule has 1 rings (SSSR count). The van der Waals surface area contributed by atoms with Gasteiger partial charge in [0.25, 0.3) is 0 Å². The summed E-state index contributed by atoms with van der Waals surface area (Å²) in [6, 6.07) is 4.93. The van der Waals surface area contributed by atoms with Crippen molar-refractivity contribution in [1.82, 2.24) is 0 Å². The maximum atomic E-state index is 10.4. The Hall–Kier alpha value is -0.580. The van der Waals surface area contributed by atoms with Crippen molar-refractivity contribution in [2.75, 3.05) is 0 Å². The molecule has 1 aromatic rings. The van der Waals surface area contributed by atoms with Gasteiger partial charge in [-0.15, -0.1) is 0 Å². The van der Waals surface area contributed by atoms with Crippen LogP contribution in [0.3, 0.4) is 0 Å². The summed E-state index contributed by atoms with van der Waals surface area (Å²) in [6.07, 6.45) is -1.42. The van der Waals surface area contributed by atoms with E-state index in [4.69, 9.17) is 16.7 Å². The van der Waals surface area contributed by atoms with E-state index in [1.54, 1.807) is 18.2 Å². The van der Waals surface area contributed by atoms with Crippen LogP contribution >= 0.6 is 27.5 Å². The second-order valence-corrected chi connectivity index (χ2v) is 4.10. The molecule has 0 aliphatic carbocycles. The number of hydrogen-bond donors (Lipinski definition) is 2. The monoisotopic (exact) mass is 278 g/mol. The Bertz CT molecular complexity index is 354. The SMILES string of the molecule is O=C(O)C[C@H](O)c1cc(Br)ccc1Cl. The fourth-order valence-electron chi connectivity index (χ4n) is 1.05. The number of hydrogen-bond acceptors (Lipinski definition) is 2. The Morgan fingerprint density at radius 2 is 2.21 bits per heavy atom. The molecule has 0 fully saturated rings. The normalized spacial score (nSPS) is 12.5. The molecule has 0 spiro atoms. The zero-order valence-corrected chi connectivity index (χ0v) is 9.42. The standard InChI is InChI=1S/C9H8BrClO3/c10-5-1-2-7(11)6(3-5)8(12)4-9(13)14/h1-3,8,12H,4H2,(H,13,14)/t8-/m0/s1. The predicted molar refractivity (Wildman–Crippen MR) is 56.4 cm³/mol. The molecule has 0 amide bonds. The fraction of sp³-hybridized carbons (Fsp3) is 0.222. The van der Waals surface area contributed by atoms with Crippen molar-refractivity contribution in [2.24, 2.45) is 0 Å². The number of aliphatic carboxylic acids is 1. The minimum absolute atomic E-state index is 0.351. The van der Waals surface area contributed by atoms with Gasteiger partial charge in [0.1, 0.15) is 0 Å². The molecule has 0 saturated carbocycles. The average molecular weight is 280 g/mol. The second kappa shape index (κ2) is 4.77. The van der Waals surface area contributed by atoms with Crippen LogP contribution in [0.25, 0.3) is 0 Å². The van der Waals surface area contributed by atoms with Crippen LogP contribution in [0.1, 0.15) is 18.1 Å². The summed E-state index contributed by atoms with van der Waals surface area (Å²) in [6.45, 7) is 0. The number of benzene rings is 1. The third-order valence-corrected chi connectivity index (χ3v) is 2.52. The molecule has 0 aliphatic rings. The van der Waals surface area contributed by atoms with Crippen LogP contribution in [0.2, 0.25) is 5.02 Å². The Morgan fingerprint density at radius 3 is 2.79 bits per heavy atom. The summed E-state index contributed by atoms with van der Waals surface area (Å²) in [5, 5.41) is 18.4. The lowest BCUT2D eigenvalue weighted by atomic mass is 10.1. The molecule has 0 saturated heterocycles. The first kappa shape index (κ1) is 11.5. The van der Waals surface area contributed by atoms with Gasteiger partial charge < -0.3 is 10.2 Å². The lowest BCUT2D eigenvalue weighted by Crippen LogP contribution is -2.05. The Morgan fingerprint density at radius 1 is 1.57 bits per heavy atom. The molecule has 0 aromatic heterocycles. The van der Waals surface area contributed by atoms with Crippen LogP contribution in [-0.2, 0) is 4.79 Å². The molecule has 0 aliphatic heterocycles. The molecule has 1 atom stereocenters. The Labute approximate surface area is 94.4 Å². The van der Waals surface area contributed by atoms with Crippen LogP contribution in [0.4, 0.5) is 0 Å². The Kier molecular flexibility index (Phi) is 3.92. The van der Waals surface area contributed by atoms with Crippen LogP contribution in [0.5, 0.6) is 0 Å². The number of carboxylic acids is 1. The van der Waals surface area contributed by atoms with Gasteiger partial charge in [-0.25, -0.2) is 0 Å². The number of carboxylic acid groups (broad SMARTS) is 1. The minimum Gasteiger partial charge on any atom is -0.481 e. The first-order valence-electron chi connectivity index (χ1n) is 3.85. The van der Waals surface area contributed by atoms with Gasteiger partial charge in [0.15, 0.2) is 0 Å². The van der Waals surface area contributed by atoms with Crippen LogP contribution in [0, 0.1) is 0 Å². The Balaban J connectivity index is 2.93. The largest absolute Gasteiger partial charge is 0.481 e. The molecule has 0 bridgehead atoms. The van der Waals surface area contributed by atoms with Crippen molar-refractivity contribution in [1.29, 1.82) is 0 Å². The van der Waals surface area contributed by atoms with Gasteiger partial charge in [-0.1, -0.05) is 27.5 Å². The van der Waals surface area contributed by atoms with Gasteiger partial charge in [-0.3, -0.25) is 4.79 Å². The molecule has 0 unspecified atom stereocenters. The molecule has 5 heteroatoms. The highest BCUT2D eigenvalue weighted by Crippen LogP contribution is 2.28. The molecule has 2 N–H and O–H groups in total. The van der Waals surface area contributed by atoms with Gasteiger partial charge in [0.2, 0.25) is 0 Å². The topological polar surface area (TPSA) is 57.5 Å². The van der Waals surface area contributed by atoms with Crippen molar-refractivity contribution in [3.63, 3.8) is 0 Å². The van der Waals surface area contributed by atoms with Gasteiger partial charge >= 0.3 is 5.97 Å². The summed E-state index contributed by atoms with van der Waals surface area (Å²) in [5.41, 5.74) is 0.420. The van der Waals surface area contributed by atoms with Crippen molar-refractivity contribution in [3.05, 3.63) is 33.3 Å². The van der Waals surface area contributed by atoms with E-state index in [2.05, 4.69) is 15.9 Å². The fourth-order valence-corrected chi connectivity index (χ4v) is 1.67. The number of carbonyl (C=O) groups is 1. The maximum Gasteiger partial charge on any atom is 0.306 e. The van der Waals surface area contributed by atoms with Crippen molar-refractivity contribution >= 4 is 33.5 Å². The highest BCUT2D eigenvalue weighted by atomic mass is 79.9. The van der Waals surface area contributed by atoms with Gasteiger partial charge in [0, 0.05) is 15.1 Å². The van der Waals surface area contributed by atoms with Crippen LogP contribution in [-0.4, -0.2) is 16.2 Å².